The number of nitrogens with one attached hydrogen (secondary N) is 1. The number of thiazole rings is 1. The summed E-state index contributed by atoms with van der Waals surface area (Å²) >= 11 is 1.78. The van der Waals surface area contributed by atoms with Gasteiger partial charge in [0, 0.05) is 18.0 Å². The summed E-state index contributed by atoms with van der Waals surface area (Å²) in [6.07, 6.45) is 2.61. The van der Waals surface area contributed by atoms with Crippen molar-refractivity contribution in [1.29, 1.82) is 0 Å². The first-order valence-electron chi connectivity index (χ1n) is 7.25. The van der Waals surface area contributed by atoms with Crippen LogP contribution in [0.2, 0.25) is 0 Å². The highest BCUT2D eigenvalue weighted by atomic mass is 32.1. The summed E-state index contributed by atoms with van der Waals surface area (Å²) in [4.78, 5) is 8.30. The lowest BCUT2D eigenvalue weighted by molar-refractivity contribution is 0.949. The highest BCUT2D eigenvalue weighted by Crippen LogP contribution is 2.29. The van der Waals surface area contributed by atoms with Crippen molar-refractivity contribution in [3.63, 3.8) is 0 Å². The van der Waals surface area contributed by atoms with Gasteiger partial charge < -0.3 is 10.2 Å². The highest BCUT2D eigenvalue weighted by Gasteiger charge is 2.15. The van der Waals surface area contributed by atoms with Crippen LogP contribution < -0.4 is 10.2 Å². The average Bonchev–Trinajstić information content (AvgIpc) is 3.07. The number of aromatic nitrogens is 1. The van der Waals surface area contributed by atoms with Gasteiger partial charge in [-0.1, -0.05) is 12.1 Å². The number of aryl methyl sites for hydroxylation is 2. The summed E-state index contributed by atoms with van der Waals surface area (Å²) in [5.41, 5.74) is 3.72. The molecule has 2 aromatic rings. The van der Waals surface area contributed by atoms with Crippen molar-refractivity contribution in [2.75, 3.05) is 23.3 Å². The second-order valence-electron chi connectivity index (χ2n) is 5.31. The Morgan fingerprint density at radius 3 is 2.65 bits per heavy atom. The molecule has 0 radical (unpaired) electrons. The van der Waals surface area contributed by atoms with Crippen LogP contribution in [-0.2, 0) is 6.54 Å². The van der Waals surface area contributed by atoms with Crippen LogP contribution in [0, 0.1) is 13.8 Å². The van der Waals surface area contributed by atoms with Gasteiger partial charge in [-0.15, -0.1) is 11.3 Å². The van der Waals surface area contributed by atoms with Gasteiger partial charge >= 0.3 is 0 Å². The third-order valence-electron chi connectivity index (χ3n) is 3.79. The number of rotatable bonds is 4. The van der Waals surface area contributed by atoms with Crippen LogP contribution in [-0.4, -0.2) is 18.1 Å². The van der Waals surface area contributed by atoms with Gasteiger partial charge in [0.25, 0.3) is 0 Å². The molecule has 3 nitrogen and oxygen atoms in total. The van der Waals surface area contributed by atoms with Gasteiger partial charge in [0.2, 0.25) is 0 Å². The van der Waals surface area contributed by atoms with Crippen molar-refractivity contribution in [2.24, 2.45) is 0 Å². The Morgan fingerprint density at radius 1 is 1.20 bits per heavy atom. The Hall–Kier alpha value is -1.55. The fourth-order valence-electron chi connectivity index (χ4n) is 2.77. The Balaban J connectivity index is 1.75. The van der Waals surface area contributed by atoms with Crippen LogP contribution in [0.3, 0.4) is 0 Å². The molecule has 0 bridgehead atoms. The van der Waals surface area contributed by atoms with E-state index in [0.29, 0.717) is 0 Å². The molecule has 1 fully saturated rings. The van der Waals surface area contributed by atoms with Crippen molar-refractivity contribution in [1.82, 2.24) is 4.98 Å². The van der Waals surface area contributed by atoms with E-state index in [2.05, 4.69) is 53.3 Å². The molecule has 1 aliphatic rings. The summed E-state index contributed by atoms with van der Waals surface area (Å²) < 4.78 is 0. The molecule has 0 spiro atoms. The predicted molar refractivity (Wildman–Crippen MR) is 86.8 cm³/mol. The van der Waals surface area contributed by atoms with Gasteiger partial charge in [-0.25, -0.2) is 4.98 Å². The standard InChI is InChI=1S/C16H21N3S/c1-12-16(20-13(2)18-12)11-17-14-7-3-4-8-15(14)19-9-5-6-10-19/h3-4,7-8,17H,5-6,9-11H2,1-2H3. The van der Waals surface area contributed by atoms with Crippen molar-refractivity contribution in [3.8, 4) is 0 Å². The topological polar surface area (TPSA) is 28.2 Å². The van der Waals surface area contributed by atoms with Crippen molar-refractivity contribution in [2.45, 2.75) is 33.2 Å². The molecule has 1 aromatic carbocycles. The van der Waals surface area contributed by atoms with Crippen LogP contribution in [0.25, 0.3) is 0 Å². The SMILES string of the molecule is Cc1nc(C)c(CNc2ccccc2N2CCCC2)s1. The van der Waals surface area contributed by atoms with Crippen LogP contribution in [0.15, 0.2) is 24.3 Å². The summed E-state index contributed by atoms with van der Waals surface area (Å²) in [6.45, 7) is 7.38. The van der Waals surface area contributed by atoms with Crippen LogP contribution >= 0.6 is 11.3 Å². The van der Waals surface area contributed by atoms with E-state index in [4.69, 9.17) is 0 Å². The number of hydrogen-bond donors (Lipinski definition) is 1. The molecule has 3 rings (SSSR count). The van der Waals surface area contributed by atoms with E-state index in [1.165, 1.54) is 42.2 Å². The van der Waals surface area contributed by atoms with Gasteiger partial charge in [-0.3, -0.25) is 0 Å². The largest absolute Gasteiger partial charge is 0.378 e. The second-order valence-corrected chi connectivity index (χ2v) is 6.59. The fraction of sp³-hybridized carbons (Fsp3) is 0.438. The quantitative estimate of drug-likeness (QED) is 0.922. The number of benzene rings is 1. The molecule has 1 saturated heterocycles. The molecule has 0 atom stereocenters. The van der Waals surface area contributed by atoms with Crippen LogP contribution in [0.1, 0.15) is 28.4 Å². The van der Waals surface area contributed by atoms with Gasteiger partial charge in [0.05, 0.1) is 28.6 Å². The smallest absolute Gasteiger partial charge is 0.0900 e. The summed E-state index contributed by atoms with van der Waals surface area (Å²) in [6, 6.07) is 8.63. The molecule has 1 aromatic heterocycles. The number of para-hydroxylation sites is 2. The molecule has 20 heavy (non-hydrogen) atoms. The lowest BCUT2D eigenvalue weighted by atomic mass is 10.2. The minimum absolute atomic E-state index is 0.863. The molecule has 106 valence electrons. The molecular formula is C16H21N3S. The van der Waals surface area contributed by atoms with E-state index in [1.807, 2.05) is 0 Å². The molecule has 0 aliphatic carbocycles. The summed E-state index contributed by atoms with van der Waals surface area (Å²) in [5, 5.41) is 4.73. The fourth-order valence-corrected chi connectivity index (χ4v) is 3.65. The third kappa shape index (κ3) is 2.80. The first-order chi connectivity index (χ1) is 9.74. The zero-order valence-electron chi connectivity index (χ0n) is 12.1. The second kappa shape index (κ2) is 5.83. The molecule has 2 heterocycles. The molecule has 0 amide bonds. The summed E-state index contributed by atoms with van der Waals surface area (Å²) in [7, 11) is 0. The Morgan fingerprint density at radius 2 is 1.95 bits per heavy atom. The normalized spacial score (nSPS) is 14.8. The van der Waals surface area contributed by atoms with Crippen molar-refractivity contribution >= 4 is 22.7 Å². The van der Waals surface area contributed by atoms with E-state index in [-0.39, 0.29) is 0 Å². The van der Waals surface area contributed by atoms with E-state index in [9.17, 15) is 0 Å². The van der Waals surface area contributed by atoms with Gasteiger partial charge in [0.1, 0.15) is 0 Å². The number of hydrogen-bond acceptors (Lipinski definition) is 4. The van der Waals surface area contributed by atoms with Gasteiger partial charge in [-0.05, 0) is 38.8 Å². The van der Waals surface area contributed by atoms with E-state index >= 15 is 0 Å². The maximum absolute atomic E-state index is 4.49. The van der Waals surface area contributed by atoms with Crippen LogP contribution in [0.5, 0.6) is 0 Å². The van der Waals surface area contributed by atoms with Gasteiger partial charge in [-0.2, -0.15) is 0 Å². The molecule has 1 aliphatic heterocycles. The third-order valence-corrected chi connectivity index (χ3v) is 4.86. The Kier molecular flexibility index (Phi) is 3.92. The van der Waals surface area contributed by atoms with E-state index in [1.54, 1.807) is 11.3 Å². The first-order valence-corrected chi connectivity index (χ1v) is 8.06. The highest BCUT2D eigenvalue weighted by molar-refractivity contribution is 7.11. The van der Waals surface area contributed by atoms with E-state index in [0.717, 1.165) is 17.2 Å². The lowest BCUT2D eigenvalue weighted by Crippen LogP contribution is -2.19. The van der Waals surface area contributed by atoms with Crippen molar-refractivity contribution < 1.29 is 0 Å². The zero-order chi connectivity index (χ0) is 13.9. The minimum atomic E-state index is 0.863. The maximum Gasteiger partial charge on any atom is 0.0900 e. The number of anilines is 2. The summed E-state index contributed by atoms with van der Waals surface area (Å²) in [5.74, 6) is 0. The molecule has 1 N–H and O–H groups in total. The zero-order valence-corrected chi connectivity index (χ0v) is 13.0. The lowest BCUT2D eigenvalue weighted by Gasteiger charge is -2.21. The monoisotopic (exact) mass is 287 g/mol. The maximum atomic E-state index is 4.49. The first kappa shape index (κ1) is 13.4. The predicted octanol–water partition coefficient (Wildman–Crippen LogP) is 3.97. The average molecular weight is 287 g/mol. The number of nitrogens with zero attached hydrogens (tertiary/aromatic N) is 2. The minimum Gasteiger partial charge on any atom is -0.378 e. The van der Waals surface area contributed by atoms with Crippen molar-refractivity contribution in [3.05, 3.63) is 39.8 Å². The van der Waals surface area contributed by atoms with Gasteiger partial charge in [0.15, 0.2) is 0 Å². The molecule has 0 saturated carbocycles. The van der Waals surface area contributed by atoms with E-state index < -0.39 is 0 Å². The Bertz CT molecular complexity index is 585. The Labute approximate surface area is 124 Å². The molecule has 4 heteroatoms. The van der Waals surface area contributed by atoms with Crippen LogP contribution in [0.4, 0.5) is 11.4 Å². The molecule has 0 unspecified atom stereocenters. The molecular weight excluding hydrogens is 266 g/mol.